The van der Waals surface area contributed by atoms with Gasteiger partial charge in [0.05, 0.1) is 39.4 Å². The third kappa shape index (κ3) is 4.03. The summed E-state index contributed by atoms with van der Waals surface area (Å²) in [5.74, 6) is 1.94. The Hall–Kier alpha value is -3.16. The molecule has 0 unspecified atom stereocenters. The molecule has 0 heterocycles. The lowest BCUT2D eigenvalue weighted by molar-refractivity contribution is -0.384. The number of nitrogens with one attached hydrogen (secondary N) is 1. The second kappa shape index (κ2) is 8.09. The van der Waals surface area contributed by atoms with Gasteiger partial charge in [0, 0.05) is 6.54 Å². The van der Waals surface area contributed by atoms with Crippen LogP contribution >= 0.6 is 0 Å². The van der Waals surface area contributed by atoms with Crippen LogP contribution in [0.3, 0.4) is 0 Å². The molecule has 0 radical (unpaired) electrons. The normalized spacial score (nSPS) is 10.1. The quantitative estimate of drug-likeness (QED) is 0.578. The zero-order chi connectivity index (χ0) is 18.4. The summed E-state index contributed by atoms with van der Waals surface area (Å²) < 4.78 is 20.9. The topological polar surface area (TPSA) is 92.1 Å². The second-order valence-corrected chi connectivity index (χ2v) is 5.03. The molecule has 2 aromatic carbocycles. The maximum Gasteiger partial charge on any atom is 0.296 e. The fraction of sp³-hybridized carbons (Fsp3) is 0.294. The van der Waals surface area contributed by atoms with Gasteiger partial charge in [-0.3, -0.25) is 10.1 Å². The van der Waals surface area contributed by atoms with E-state index in [0.29, 0.717) is 35.2 Å². The molecule has 0 saturated carbocycles. The van der Waals surface area contributed by atoms with Crippen LogP contribution in [-0.4, -0.2) is 33.4 Å². The number of nitrogens with zero attached hydrogens (tertiary/aromatic N) is 1. The third-order valence-corrected chi connectivity index (χ3v) is 3.61. The maximum atomic E-state index is 11.2. The summed E-state index contributed by atoms with van der Waals surface area (Å²) in [5.41, 5.74) is 1.14. The smallest absolute Gasteiger partial charge is 0.296 e. The van der Waals surface area contributed by atoms with Gasteiger partial charge in [0.25, 0.3) is 5.69 Å². The Balaban J connectivity index is 2.28. The first-order valence-electron chi connectivity index (χ1n) is 7.39. The fourth-order valence-electron chi connectivity index (χ4n) is 2.37. The molecule has 0 amide bonds. The van der Waals surface area contributed by atoms with Gasteiger partial charge in [0.15, 0.2) is 11.5 Å². The van der Waals surface area contributed by atoms with Crippen LogP contribution in [0, 0.1) is 10.1 Å². The molecule has 0 fully saturated rings. The summed E-state index contributed by atoms with van der Waals surface area (Å²) in [6, 6.07) is 8.20. The van der Waals surface area contributed by atoms with E-state index in [9.17, 15) is 10.1 Å². The molecule has 2 rings (SSSR count). The number of nitro benzene ring substituents is 1. The van der Waals surface area contributed by atoms with Gasteiger partial charge in [-0.15, -0.1) is 0 Å². The number of ether oxygens (including phenoxy) is 4. The Kier molecular flexibility index (Phi) is 5.89. The van der Waals surface area contributed by atoms with E-state index in [-0.39, 0.29) is 5.69 Å². The van der Waals surface area contributed by atoms with E-state index in [2.05, 4.69) is 5.32 Å². The summed E-state index contributed by atoms with van der Waals surface area (Å²) in [5, 5.41) is 14.3. The average Bonchev–Trinajstić information content (AvgIpc) is 2.64. The minimum Gasteiger partial charge on any atom is -0.496 e. The molecule has 0 aliphatic heterocycles. The molecular weight excluding hydrogens is 328 g/mol. The lowest BCUT2D eigenvalue weighted by Gasteiger charge is -2.15. The first-order valence-corrected chi connectivity index (χ1v) is 7.39. The highest BCUT2D eigenvalue weighted by atomic mass is 16.6. The Bertz CT molecular complexity index is 738. The van der Waals surface area contributed by atoms with Crippen molar-refractivity contribution in [1.82, 2.24) is 0 Å². The van der Waals surface area contributed by atoms with E-state index < -0.39 is 4.92 Å². The van der Waals surface area contributed by atoms with E-state index in [1.807, 2.05) is 0 Å². The van der Waals surface area contributed by atoms with Crippen LogP contribution in [0.4, 0.5) is 11.4 Å². The molecule has 0 aliphatic carbocycles. The van der Waals surface area contributed by atoms with Crippen molar-refractivity contribution in [3.63, 3.8) is 0 Å². The van der Waals surface area contributed by atoms with Crippen LogP contribution in [0.25, 0.3) is 0 Å². The van der Waals surface area contributed by atoms with Gasteiger partial charge >= 0.3 is 0 Å². The Morgan fingerprint density at radius 3 is 2.08 bits per heavy atom. The molecule has 0 aromatic heterocycles. The molecular formula is C17H20N2O6. The molecule has 8 nitrogen and oxygen atoms in total. The monoisotopic (exact) mass is 348 g/mol. The number of methoxy groups -OCH3 is 4. The standard InChI is InChI=1S/C17H20N2O6/c1-22-12-5-6-13(14(9-12)19(20)21)18-10-11-7-15(23-2)17(25-4)16(8-11)24-3/h5-9,18H,10H2,1-4H3. The molecule has 0 saturated heterocycles. The summed E-state index contributed by atoms with van der Waals surface area (Å²) in [7, 11) is 6.05. The van der Waals surface area contributed by atoms with Crippen molar-refractivity contribution >= 4 is 11.4 Å². The first-order chi connectivity index (χ1) is 12.0. The number of benzene rings is 2. The Morgan fingerprint density at radius 2 is 1.60 bits per heavy atom. The Labute approximate surface area is 145 Å². The number of nitro groups is 1. The minimum atomic E-state index is -0.458. The lowest BCUT2D eigenvalue weighted by atomic mass is 10.1. The summed E-state index contributed by atoms with van der Waals surface area (Å²) in [4.78, 5) is 10.8. The van der Waals surface area contributed by atoms with Gasteiger partial charge in [-0.25, -0.2) is 0 Å². The molecule has 134 valence electrons. The van der Waals surface area contributed by atoms with E-state index >= 15 is 0 Å². The predicted molar refractivity (Wildman–Crippen MR) is 93.1 cm³/mol. The molecule has 0 bridgehead atoms. The first kappa shape index (κ1) is 18.2. The van der Waals surface area contributed by atoms with Crippen LogP contribution in [0.5, 0.6) is 23.0 Å². The Morgan fingerprint density at radius 1 is 0.960 bits per heavy atom. The average molecular weight is 348 g/mol. The van der Waals surface area contributed by atoms with Gasteiger partial charge in [-0.2, -0.15) is 0 Å². The van der Waals surface area contributed by atoms with Crippen molar-refractivity contribution in [3.05, 3.63) is 46.0 Å². The van der Waals surface area contributed by atoms with Crippen LogP contribution in [0.15, 0.2) is 30.3 Å². The highest BCUT2D eigenvalue weighted by Gasteiger charge is 2.16. The van der Waals surface area contributed by atoms with Crippen molar-refractivity contribution in [2.75, 3.05) is 33.8 Å². The van der Waals surface area contributed by atoms with Crippen LogP contribution < -0.4 is 24.3 Å². The highest BCUT2D eigenvalue weighted by Crippen LogP contribution is 2.38. The molecule has 8 heteroatoms. The van der Waals surface area contributed by atoms with Gasteiger partial charge in [-0.05, 0) is 29.8 Å². The fourth-order valence-corrected chi connectivity index (χ4v) is 2.37. The molecule has 0 aliphatic rings. The molecule has 0 atom stereocenters. The van der Waals surface area contributed by atoms with Gasteiger partial charge in [0.1, 0.15) is 11.4 Å². The SMILES string of the molecule is COc1ccc(NCc2cc(OC)c(OC)c(OC)c2)c([N+](=O)[O-])c1. The van der Waals surface area contributed by atoms with Crippen molar-refractivity contribution in [2.24, 2.45) is 0 Å². The van der Waals surface area contributed by atoms with Crippen LogP contribution in [0.2, 0.25) is 0 Å². The number of rotatable bonds is 8. The van der Waals surface area contributed by atoms with Gasteiger partial charge in [0.2, 0.25) is 5.75 Å². The van der Waals surface area contributed by atoms with Crippen molar-refractivity contribution in [2.45, 2.75) is 6.54 Å². The second-order valence-electron chi connectivity index (χ2n) is 5.03. The minimum absolute atomic E-state index is 0.0632. The molecule has 2 aromatic rings. The summed E-state index contributed by atoms with van der Waals surface area (Å²) in [6.45, 7) is 0.337. The summed E-state index contributed by atoms with van der Waals surface area (Å²) in [6.07, 6.45) is 0. The van der Waals surface area contributed by atoms with Crippen molar-refractivity contribution in [1.29, 1.82) is 0 Å². The molecule has 1 N–H and O–H groups in total. The number of hydrogen-bond acceptors (Lipinski definition) is 7. The maximum absolute atomic E-state index is 11.2. The third-order valence-electron chi connectivity index (χ3n) is 3.61. The van der Waals surface area contributed by atoms with Crippen molar-refractivity contribution < 1.29 is 23.9 Å². The summed E-state index contributed by atoms with van der Waals surface area (Å²) >= 11 is 0. The zero-order valence-corrected chi connectivity index (χ0v) is 14.5. The predicted octanol–water partition coefficient (Wildman–Crippen LogP) is 3.24. The van der Waals surface area contributed by atoms with E-state index in [0.717, 1.165) is 5.56 Å². The lowest BCUT2D eigenvalue weighted by Crippen LogP contribution is -2.04. The van der Waals surface area contributed by atoms with Gasteiger partial charge < -0.3 is 24.3 Å². The largest absolute Gasteiger partial charge is 0.496 e. The van der Waals surface area contributed by atoms with Crippen LogP contribution in [-0.2, 0) is 6.54 Å². The number of anilines is 1. The zero-order valence-electron chi connectivity index (χ0n) is 14.5. The number of hydrogen-bond donors (Lipinski definition) is 1. The van der Waals surface area contributed by atoms with E-state index in [1.54, 1.807) is 24.3 Å². The van der Waals surface area contributed by atoms with E-state index in [1.165, 1.54) is 34.5 Å². The van der Waals surface area contributed by atoms with Crippen molar-refractivity contribution in [3.8, 4) is 23.0 Å². The van der Waals surface area contributed by atoms with E-state index in [4.69, 9.17) is 18.9 Å². The van der Waals surface area contributed by atoms with Gasteiger partial charge in [-0.1, -0.05) is 0 Å². The highest BCUT2D eigenvalue weighted by molar-refractivity contribution is 5.64. The molecule has 25 heavy (non-hydrogen) atoms. The van der Waals surface area contributed by atoms with Crippen LogP contribution in [0.1, 0.15) is 5.56 Å². The molecule has 0 spiro atoms.